The van der Waals surface area contributed by atoms with Gasteiger partial charge in [-0.3, -0.25) is 4.79 Å². The summed E-state index contributed by atoms with van der Waals surface area (Å²) in [6.07, 6.45) is 5.74. The van der Waals surface area contributed by atoms with Gasteiger partial charge in [0.25, 0.3) is 0 Å². The predicted molar refractivity (Wildman–Crippen MR) is 83.7 cm³/mol. The van der Waals surface area contributed by atoms with Crippen molar-refractivity contribution in [2.45, 2.75) is 26.6 Å². The molecular formula is C18H22O3. The molecule has 1 aliphatic carbocycles. The molecule has 3 heteroatoms. The van der Waals surface area contributed by atoms with Gasteiger partial charge in [0.15, 0.2) is 0 Å². The van der Waals surface area contributed by atoms with Gasteiger partial charge in [0.2, 0.25) is 5.79 Å². The highest BCUT2D eigenvalue weighted by Gasteiger charge is 2.47. The van der Waals surface area contributed by atoms with Gasteiger partial charge in [0.1, 0.15) is 5.78 Å². The van der Waals surface area contributed by atoms with E-state index in [1.165, 1.54) is 0 Å². The molecule has 0 bridgehead atoms. The second kappa shape index (κ2) is 6.83. The Labute approximate surface area is 126 Å². The zero-order valence-corrected chi connectivity index (χ0v) is 12.8. The summed E-state index contributed by atoms with van der Waals surface area (Å²) in [5.74, 6) is -1.43. The SMILES string of the molecule is CCOC1(OCC)C(c2ccccc2)=CC=CC1C(C)=O. The number of rotatable bonds is 6. The van der Waals surface area contributed by atoms with E-state index in [2.05, 4.69) is 0 Å². The summed E-state index contributed by atoms with van der Waals surface area (Å²) in [5, 5.41) is 0. The fourth-order valence-electron chi connectivity index (χ4n) is 2.80. The summed E-state index contributed by atoms with van der Waals surface area (Å²) in [6, 6.07) is 9.93. The predicted octanol–water partition coefficient (Wildman–Crippen LogP) is 3.61. The molecule has 0 saturated carbocycles. The average Bonchev–Trinajstić information content (AvgIpc) is 2.48. The topological polar surface area (TPSA) is 35.5 Å². The molecule has 1 aromatic carbocycles. The van der Waals surface area contributed by atoms with Gasteiger partial charge in [0, 0.05) is 18.8 Å². The standard InChI is InChI=1S/C18H22O3/c1-4-20-18(21-5-2)16(14(3)19)12-9-13-17(18)15-10-7-6-8-11-15/h6-13,16H,4-5H2,1-3H3. The summed E-state index contributed by atoms with van der Waals surface area (Å²) >= 11 is 0. The molecule has 0 saturated heterocycles. The minimum absolute atomic E-state index is 0.0367. The van der Waals surface area contributed by atoms with Crippen molar-refractivity contribution in [3.63, 3.8) is 0 Å². The normalized spacial score (nSPS) is 20.1. The molecule has 0 spiro atoms. The van der Waals surface area contributed by atoms with E-state index in [1.54, 1.807) is 6.92 Å². The lowest BCUT2D eigenvalue weighted by molar-refractivity contribution is -0.212. The molecule has 112 valence electrons. The molecule has 1 atom stereocenters. The number of hydrogen-bond acceptors (Lipinski definition) is 3. The first-order chi connectivity index (χ1) is 10.2. The summed E-state index contributed by atoms with van der Waals surface area (Å²) in [7, 11) is 0. The number of ether oxygens (including phenoxy) is 2. The van der Waals surface area contributed by atoms with Crippen molar-refractivity contribution in [1.82, 2.24) is 0 Å². The highest BCUT2D eigenvalue weighted by molar-refractivity contribution is 5.88. The van der Waals surface area contributed by atoms with Crippen LogP contribution in [-0.4, -0.2) is 24.8 Å². The largest absolute Gasteiger partial charge is 0.345 e. The zero-order chi connectivity index (χ0) is 15.3. The van der Waals surface area contributed by atoms with Gasteiger partial charge in [-0.2, -0.15) is 0 Å². The smallest absolute Gasteiger partial charge is 0.209 e. The molecule has 0 aliphatic heterocycles. The summed E-state index contributed by atoms with van der Waals surface area (Å²) in [4.78, 5) is 12.1. The highest BCUT2D eigenvalue weighted by atomic mass is 16.7. The van der Waals surface area contributed by atoms with Crippen LogP contribution in [0, 0.1) is 5.92 Å². The van der Waals surface area contributed by atoms with Crippen molar-refractivity contribution in [3.8, 4) is 0 Å². The van der Waals surface area contributed by atoms with Crippen molar-refractivity contribution in [2.75, 3.05) is 13.2 Å². The molecule has 21 heavy (non-hydrogen) atoms. The minimum atomic E-state index is -1.04. The van der Waals surface area contributed by atoms with Crippen LogP contribution in [0.2, 0.25) is 0 Å². The van der Waals surface area contributed by atoms with E-state index in [1.807, 2.05) is 62.4 Å². The van der Waals surface area contributed by atoms with Gasteiger partial charge in [0.05, 0.1) is 5.92 Å². The Morgan fingerprint density at radius 1 is 1.14 bits per heavy atom. The van der Waals surface area contributed by atoms with Crippen LogP contribution in [0.4, 0.5) is 0 Å². The second-order valence-corrected chi connectivity index (χ2v) is 4.95. The van der Waals surface area contributed by atoms with Crippen molar-refractivity contribution >= 4 is 11.4 Å². The molecule has 0 heterocycles. The minimum Gasteiger partial charge on any atom is -0.345 e. The Morgan fingerprint density at radius 2 is 1.76 bits per heavy atom. The Kier molecular flexibility index (Phi) is 5.10. The summed E-state index contributed by atoms with van der Waals surface area (Å²) in [6.45, 7) is 6.36. The fourth-order valence-corrected chi connectivity index (χ4v) is 2.80. The van der Waals surface area contributed by atoms with E-state index >= 15 is 0 Å². The molecule has 3 nitrogen and oxygen atoms in total. The van der Waals surface area contributed by atoms with Gasteiger partial charge in [-0.05, 0) is 26.3 Å². The number of ketones is 1. The van der Waals surface area contributed by atoms with Crippen LogP contribution in [-0.2, 0) is 14.3 Å². The first-order valence-electron chi connectivity index (χ1n) is 7.38. The van der Waals surface area contributed by atoms with Crippen molar-refractivity contribution < 1.29 is 14.3 Å². The number of allylic oxidation sites excluding steroid dienone is 2. The van der Waals surface area contributed by atoms with Gasteiger partial charge in [-0.15, -0.1) is 0 Å². The summed E-state index contributed by atoms with van der Waals surface area (Å²) < 4.78 is 12.0. The first kappa shape index (κ1) is 15.7. The Morgan fingerprint density at radius 3 is 2.29 bits per heavy atom. The number of carbonyl (C=O) groups is 1. The molecule has 1 aromatic rings. The number of hydrogen-bond donors (Lipinski definition) is 0. The van der Waals surface area contributed by atoms with E-state index in [0.717, 1.165) is 11.1 Å². The van der Waals surface area contributed by atoms with Crippen molar-refractivity contribution in [3.05, 3.63) is 54.1 Å². The van der Waals surface area contributed by atoms with E-state index < -0.39 is 11.7 Å². The molecule has 1 unspecified atom stereocenters. The molecule has 0 N–H and O–H groups in total. The number of Topliss-reactive ketones (excluding diaryl/α,β-unsaturated/α-hetero) is 1. The Hall–Kier alpha value is -1.71. The lowest BCUT2D eigenvalue weighted by atomic mass is 9.81. The molecule has 1 aliphatic rings. The Balaban J connectivity index is 2.56. The van der Waals surface area contributed by atoms with Crippen LogP contribution in [0.1, 0.15) is 26.3 Å². The van der Waals surface area contributed by atoms with Crippen LogP contribution >= 0.6 is 0 Å². The molecule has 0 aromatic heterocycles. The molecule has 0 amide bonds. The second-order valence-electron chi connectivity index (χ2n) is 4.95. The fraction of sp³-hybridized carbons (Fsp3) is 0.389. The van der Waals surface area contributed by atoms with Crippen LogP contribution in [0.5, 0.6) is 0 Å². The number of carbonyl (C=O) groups excluding carboxylic acids is 1. The van der Waals surface area contributed by atoms with Gasteiger partial charge >= 0.3 is 0 Å². The Bertz CT molecular complexity index is 537. The maximum atomic E-state index is 12.1. The van der Waals surface area contributed by atoms with Gasteiger partial charge in [-0.1, -0.05) is 48.6 Å². The van der Waals surface area contributed by atoms with Crippen LogP contribution < -0.4 is 0 Å². The van der Waals surface area contributed by atoms with Crippen molar-refractivity contribution in [2.24, 2.45) is 5.92 Å². The highest BCUT2D eigenvalue weighted by Crippen LogP contribution is 2.41. The lowest BCUT2D eigenvalue weighted by Gasteiger charge is -2.41. The third-order valence-corrected chi connectivity index (χ3v) is 3.59. The lowest BCUT2D eigenvalue weighted by Crippen LogP contribution is -2.48. The molecule has 0 radical (unpaired) electrons. The van der Waals surface area contributed by atoms with Crippen LogP contribution in [0.25, 0.3) is 5.57 Å². The third kappa shape index (κ3) is 2.99. The van der Waals surface area contributed by atoms with Gasteiger partial charge < -0.3 is 9.47 Å². The van der Waals surface area contributed by atoms with Gasteiger partial charge in [-0.25, -0.2) is 0 Å². The molecule has 0 fully saturated rings. The van der Waals surface area contributed by atoms with E-state index in [0.29, 0.717) is 13.2 Å². The van der Waals surface area contributed by atoms with E-state index in [-0.39, 0.29) is 5.78 Å². The number of benzene rings is 1. The molecule has 2 rings (SSSR count). The van der Waals surface area contributed by atoms with E-state index in [9.17, 15) is 4.79 Å². The monoisotopic (exact) mass is 286 g/mol. The van der Waals surface area contributed by atoms with Crippen molar-refractivity contribution in [1.29, 1.82) is 0 Å². The maximum Gasteiger partial charge on any atom is 0.209 e. The quantitative estimate of drug-likeness (QED) is 0.749. The maximum absolute atomic E-state index is 12.1. The molecular weight excluding hydrogens is 264 g/mol. The average molecular weight is 286 g/mol. The van der Waals surface area contributed by atoms with Crippen LogP contribution in [0.3, 0.4) is 0 Å². The zero-order valence-electron chi connectivity index (χ0n) is 12.8. The summed E-state index contributed by atoms with van der Waals surface area (Å²) in [5.41, 5.74) is 1.91. The third-order valence-electron chi connectivity index (χ3n) is 3.59. The van der Waals surface area contributed by atoms with E-state index in [4.69, 9.17) is 9.47 Å². The van der Waals surface area contributed by atoms with Crippen LogP contribution in [0.15, 0.2) is 48.6 Å². The first-order valence-corrected chi connectivity index (χ1v) is 7.38.